The minimum Gasteiger partial charge on any atom is -0.376 e. The molecule has 0 saturated carbocycles. The summed E-state index contributed by atoms with van der Waals surface area (Å²) in [6.45, 7) is 3.11. The number of amides is 2. The number of carbonyl (C=O) groups excluding carboxylic acids is 1. The number of anilines is 1. The zero-order valence-electron chi connectivity index (χ0n) is 10.2. The predicted octanol–water partition coefficient (Wildman–Crippen LogP) is 1.75. The summed E-state index contributed by atoms with van der Waals surface area (Å²) in [4.78, 5) is 13.6. The Morgan fingerprint density at radius 3 is 3.06 bits per heavy atom. The number of nitriles is 1. The van der Waals surface area contributed by atoms with Gasteiger partial charge in [0.25, 0.3) is 0 Å². The summed E-state index contributed by atoms with van der Waals surface area (Å²) < 4.78 is 5.18. The van der Waals surface area contributed by atoms with Gasteiger partial charge < -0.3 is 15.0 Å². The van der Waals surface area contributed by atoms with Crippen molar-refractivity contribution in [1.29, 1.82) is 5.26 Å². The van der Waals surface area contributed by atoms with Crippen molar-refractivity contribution < 1.29 is 9.53 Å². The molecule has 1 fully saturated rings. The molecule has 1 atom stereocenters. The Bertz CT molecular complexity index is 481. The molecule has 1 aromatic carbocycles. The summed E-state index contributed by atoms with van der Waals surface area (Å²) in [6, 6.07) is 8.86. The van der Waals surface area contributed by atoms with Crippen molar-refractivity contribution in [2.75, 3.05) is 25.1 Å². The largest absolute Gasteiger partial charge is 0.376 e. The Labute approximate surface area is 106 Å². The molecule has 5 heteroatoms. The number of hydrogen-bond donors (Lipinski definition) is 1. The van der Waals surface area contributed by atoms with Crippen molar-refractivity contribution >= 4 is 11.7 Å². The lowest BCUT2D eigenvalue weighted by Gasteiger charge is -2.31. The van der Waals surface area contributed by atoms with Gasteiger partial charge in [-0.05, 0) is 18.6 Å². The molecule has 18 heavy (non-hydrogen) atoms. The van der Waals surface area contributed by atoms with Gasteiger partial charge in [0.05, 0.1) is 19.3 Å². The maximum Gasteiger partial charge on any atom is 0.323 e. The maximum atomic E-state index is 12.1. The van der Waals surface area contributed by atoms with Gasteiger partial charge in [0, 0.05) is 12.2 Å². The van der Waals surface area contributed by atoms with Crippen LogP contribution < -0.4 is 5.32 Å². The molecular weight excluding hydrogens is 230 g/mol. The minimum absolute atomic E-state index is 0.251. The van der Waals surface area contributed by atoms with Crippen LogP contribution in [-0.2, 0) is 4.74 Å². The monoisotopic (exact) mass is 245 g/mol. The Kier molecular flexibility index (Phi) is 3.80. The Morgan fingerprint density at radius 2 is 2.33 bits per heavy atom. The van der Waals surface area contributed by atoms with Crippen LogP contribution in [0.4, 0.5) is 10.5 Å². The van der Waals surface area contributed by atoms with Gasteiger partial charge in [0.1, 0.15) is 6.04 Å². The number of ether oxygens (including phenoxy) is 1. The predicted molar refractivity (Wildman–Crippen MR) is 67.1 cm³/mol. The number of urea groups is 1. The van der Waals surface area contributed by atoms with E-state index in [1.54, 1.807) is 0 Å². The molecule has 1 aliphatic heterocycles. The van der Waals surface area contributed by atoms with Crippen LogP contribution in [0.25, 0.3) is 0 Å². The molecule has 1 saturated heterocycles. The standard InChI is InChI=1S/C13H15N3O2/c1-10-4-2-3-5-12(10)15-13(17)16-6-7-18-9-11(16)8-14/h2-5,11H,6-7,9H2,1H3,(H,15,17). The highest BCUT2D eigenvalue weighted by Gasteiger charge is 2.27. The van der Waals surface area contributed by atoms with Crippen LogP contribution in [0.2, 0.25) is 0 Å². The highest BCUT2D eigenvalue weighted by Crippen LogP contribution is 2.15. The van der Waals surface area contributed by atoms with Crippen LogP contribution in [0.15, 0.2) is 24.3 Å². The quantitative estimate of drug-likeness (QED) is 0.819. The number of para-hydroxylation sites is 1. The molecule has 0 bridgehead atoms. The van der Waals surface area contributed by atoms with Crippen LogP contribution in [0.3, 0.4) is 0 Å². The third-order valence-corrected chi connectivity index (χ3v) is 2.93. The summed E-state index contributed by atoms with van der Waals surface area (Å²) in [7, 11) is 0. The van der Waals surface area contributed by atoms with E-state index in [0.717, 1.165) is 11.3 Å². The Balaban J connectivity index is 2.08. The molecule has 0 radical (unpaired) electrons. The molecule has 1 aliphatic rings. The van der Waals surface area contributed by atoms with Crippen LogP contribution in [0.1, 0.15) is 5.56 Å². The second-order valence-corrected chi connectivity index (χ2v) is 4.16. The summed E-state index contributed by atoms with van der Waals surface area (Å²) in [5.74, 6) is 0. The summed E-state index contributed by atoms with van der Waals surface area (Å²) in [5, 5.41) is 11.8. The number of nitrogens with one attached hydrogen (secondary N) is 1. The van der Waals surface area contributed by atoms with E-state index in [9.17, 15) is 4.79 Å². The molecule has 1 heterocycles. The van der Waals surface area contributed by atoms with E-state index in [1.807, 2.05) is 31.2 Å². The van der Waals surface area contributed by atoms with Crippen molar-refractivity contribution in [3.8, 4) is 6.07 Å². The zero-order valence-corrected chi connectivity index (χ0v) is 10.2. The Morgan fingerprint density at radius 1 is 1.56 bits per heavy atom. The number of nitrogens with zero attached hydrogens (tertiary/aromatic N) is 2. The zero-order chi connectivity index (χ0) is 13.0. The van der Waals surface area contributed by atoms with Gasteiger partial charge in [0.2, 0.25) is 0 Å². The highest BCUT2D eigenvalue weighted by molar-refractivity contribution is 5.90. The number of rotatable bonds is 1. The number of benzene rings is 1. The summed E-state index contributed by atoms with van der Waals surface area (Å²) >= 11 is 0. The second kappa shape index (κ2) is 5.52. The van der Waals surface area contributed by atoms with Crippen LogP contribution in [0.5, 0.6) is 0 Å². The van der Waals surface area contributed by atoms with E-state index >= 15 is 0 Å². The first-order valence-electron chi connectivity index (χ1n) is 5.83. The third kappa shape index (κ3) is 2.60. The molecule has 0 spiro atoms. The first-order valence-corrected chi connectivity index (χ1v) is 5.83. The molecular formula is C13H15N3O2. The van der Waals surface area contributed by atoms with Crippen LogP contribution in [-0.4, -0.2) is 36.7 Å². The van der Waals surface area contributed by atoms with E-state index < -0.39 is 6.04 Å². The van der Waals surface area contributed by atoms with E-state index in [4.69, 9.17) is 10.00 Å². The number of hydrogen-bond acceptors (Lipinski definition) is 3. The average Bonchev–Trinajstić information content (AvgIpc) is 2.41. The first kappa shape index (κ1) is 12.4. The summed E-state index contributed by atoms with van der Waals surface area (Å²) in [5.41, 5.74) is 1.76. The van der Waals surface area contributed by atoms with Crippen molar-refractivity contribution in [3.05, 3.63) is 29.8 Å². The van der Waals surface area contributed by atoms with E-state index in [0.29, 0.717) is 13.2 Å². The molecule has 2 rings (SSSR count). The fourth-order valence-corrected chi connectivity index (χ4v) is 1.85. The molecule has 5 nitrogen and oxygen atoms in total. The number of carbonyl (C=O) groups is 1. The van der Waals surface area contributed by atoms with Gasteiger partial charge in [-0.1, -0.05) is 18.2 Å². The lowest BCUT2D eigenvalue weighted by Crippen LogP contribution is -2.49. The first-order chi connectivity index (χ1) is 8.72. The van der Waals surface area contributed by atoms with Gasteiger partial charge in [-0.15, -0.1) is 0 Å². The fourth-order valence-electron chi connectivity index (χ4n) is 1.85. The highest BCUT2D eigenvalue weighted by atomic mass is 16.5. The number of aryl methyl sites for hydroxylation is 1. The maximum absolute atomic E-state index is 12.1. The average molecular weight is 245 g/mol. The van der Waals surface area contributed by atoms with E-state index in [-0.39, 0.29) is 12.6 Å². The molecule has 0 aromatic heterocycles. The van der Waals surface area contributed by atoms with E-state index in [2.05, 4.69) is 11.4 Å². The fraction of sp³-hybridized carbons (Fsp3) is 0.385. The van der Waals surface area contributed by atoms with Crippen LogP contribution >= 0.6 is 0 Å². The molecule has 2 amide bonds. The summed E-state index contributed by atoms with van der Waals surface area (Å²) in [6.07, 6.45) is 0. The molecule has 1 aromatic rings. The van der Waals surface area contributed by atoms with E-state index in [1.165, 1.54) is 4.90 Å². The van der Waals surface area contributed by atoms with Gasteiger partial charge in [-0.2, -0.15) is 5.26 Å². The Hall–Kier alpha value is -2.06. The third-order valence-electron chi connectivity index (χ3n) is 2.93. The normalized spacial score (nSPS) is 19.1. The minimum atomic E-state index is -0.511. The van der Waals surface area contributed by atoms with Crippen molar-refractivity contribution in [1.82, 2.24) is 4.90 Å². The lowest BCUT2D eigenvalue weighted by molar-refractivity contribution is 0.0341. The van der Waals surface area contributed by atoms with Gasteiger partial charge >= 0.3 is 6.03 Å². The molecule has 0 aliphatic carbocycles. The topological polar surface area (TPSA) is 65.4 Å². The van der Waals surface area contributed by atoms with Crippen molar-refractivity contribution in [3.63, 3.8) is 0 Å². The second-order valence-electron chi connectivity index (χ2n) is 4.16. The molecule has 1 unspecified atom stereocenters. The van der Waals surface area contributed by atoms with Crippen molar-refractivity contribution in [2.24, 2.45) is 0 Å². The lowest BCUT2D eigenvalue weighted by atomic mass is 10.2. The van der Waals surface area contributed by atoms with Crippen molar-refractivity contribution in [2.45, 2.75) is 13.0 Å². The molecule has 1 N–H and O–H groups in total. The molecule has 94 valence electrons. The smallest absolute Gasteiger partial charge is 0.323 e. The van der Waals surface area contributed by atoms with Gasteiger partial charge in [-0.3, -0.25) is 0 Å². The van der Waals surface area contributed by atoms with Crippen LogP contribution in [0, 0.1) is 18.3 Å². The van der Waals surface area contributed by atoms with Gasteiger partial charge in [-0.25, -0.2) is 4.79 Å². The SMILES string of the molecule is Cc1ccccc1NC(=O)N1CCOCC1C#N. The van der Waals surface area contributed by atoms with Gasteiger partial charge in [0.15, 0.2) is 0 Å². The number of morpholine rings is 1.